The summed E-state index contributed by atoms with van der Waals surface area (Å²) >= 11 is 1.83. The van der Waals surface area contributed by atoms with E-state index in [2.05, 4.69) is 12.2 Å². The number of aliphatic hydroxyl groups is 1. The number of hydrogen-bond acceptors (Lipinski definition) is 4. The molecule has 0 aromatic heterocycles. The average molecular weight is 221 g/mol. The topological polar surface area (TPSA) is 41.5 Å². The molecule has 0 aliphatic carbocycles. The van der Waals surface area contributed by atoms with Crippen LogP contribution >= 0.6 is 11.8 Å². The highest BCUT2D eigenvalue weighted by atomic mass is 32.2. The number of aliphatic hydroxyl groups excluding tert-OH is 1. The third kappa shape index (κ3) is 8.81. The zero-order valence-electron chi connectivity index (χ0n) is 9.45. The van der Waals surface area contributed by atoms with Gasteiger partial charge in [0.25, 0.3) is 0 Å². The lowest BCUT2D eigenvalue weighted by molar-refractivity contribution is 0.196. The lowest BCUT2D eigenvalue weighted by Gasteiger charge is -2.13. The van der Waals surface area contributed by atoms with Crippen LogP contribution in [-0.2, 0) is 4.74 Å². The van der Waals surface area contributed by atoms with Gasteiger partial charge in [-0.15, -0.1) is 0 Å². The first kappa shape index (κ1) is 14.2. The van der Waals surface area contributed by atoms with E-state index in [0.29, 0.717) is 5.25 Å². The maximum Gasteiger partial charge on any atom is 0.0627 e. The fraction of sp³-hybridized carbons (Fsp3) is 1.00. The summed E-state index contributed by atoms with van der Waals surface area (Å²) in [5, 5.41) is 12.9. The van der Waals surface area contributed by atoms with Crippen molar-refractivity contribution in [2.24, 2.45) is 0 Å². The number of methoxy groups -OCH3 is 1. The van der Waals surface area contributed by atoms with E-state index in [4.69, 9.17) is 4.74 Å². The zero-order chi connectivity index (χ0) is 10.8. The standard InChI is InChI=1S/C10H23NO2S/c1-9(12)10(2)14-8-4-5-11-6-7-13-3/h9-12H,4-8H2,1-3H3. The highest BCUT2D eigenvalue weighted by molar-refractivity contribution is 7.99. The highest BCUT2D eigenvalue weighted by Gasteiger charge is 2.07. The van der Waals surface area contributed by atoms with Crippen molar-refractivity contribution in [3.05, 3.63) is 0 Å². The maximum absolute atomic E-state index is 9.24. The molecule has 3 nitrogen and oxygen atoms in total. The maximum atomic E-state index is 9.24. The quantitative estimate of drug-likeness (QED) is 0.572. The molecule has 0 spiro atoms. The fourth-order valence-electron chi connectivity index (χ4n) is 0.905. The van der Waals surface area contributed by atoms with Gasteiger partial charge in [-0.05, 0) is 25.6 Å². The molecule has 0 aliphatic rings. The Morgan fingerprint density at radius 1 is 1.36 bits per heavy atom. The van der Waals surface area contributed by atoms with Crippen LogP contribution in [0.1, 0.15) is 20.3 Å². The van der Waals surface area contributed by atoms with Crippen LogP contribution in [0.3, 0.4) is 0 Å². The Labute approximate surface area is 91.6 Å². The lowest BCUT2D eigenvalue weighted by Crippen LogP contribution is -2.21. The normalized spacial score (nSPS) is 15.4. The van der Waals surface area contributed by atoms with Crippen LogP contribution in [0.5, 0.6) is 0 Å². The van der Waals surface area contributed by atoms with Crippen LogP contribution in [0.15, 0.2) is 0 Å². The van der Waals surface area contributed by atoms with Crippen molar-refractivity contribution in [1.29, 1.82) is 0 Å². The van der Waals surface area contributed by atoms with E-state index in [9.17, 15) is 5.11 Å². The molecule has 0 saturated heterocycles. The second kappa shape index (κ2) is 9.77. The molecular weight excluding hydrogens is 198 g/mol. The summed E-state index contributed by atoms with van der Waals surface area (Å²) < 4.78 is 4.92. The van der Waals surface area contributed by atoms with Gasteiger partial charge in [0.2, 0.25) is 0 Å². The Morgan fingerprint density at radius 3 is 2.64 bits per heavy atom. The minimum atomic E-state index is -0.207. The van der Waals surface area contributed by atoms with Gasteiger partial charge >= 0.3 is 0 Å². The second-order valence-corrected chi connectivity index (χ2v) is 4.90. The van der Waals surface area contributed by atoms with Gasteiger partial charge < -0.3 is 15.2 Å². The van der Waals surface area contributed by atoms with E-state index in [1.165, 1.54) is 0 Å². The van der Waals surface area contributed by atoms with Crippen molar-refractivity contribution in [3.8, 4) is 0 Å². The van der Waals surface area contributed by atoms with E-state index < -0.39 is 0 Å². The summed E-state index contributed by atoms with van der Waals surface area (Å²) in [5.41, 5.74) is 0. The van der Waals surface area contributed by atoms with Crippen molar-refractivity contribution < 1.29 is 9.84 Å². The Balaban J connectivity index is 3.06. The van der Waals surface area contributed by atoms with Gasteiger partial charge in [-0.3, -0.25) is 0 Å². The molecule has 0 aromatic rings. The number of nitrogens with one attached hydrogen (secondary N) is 1. The van der Waals surface area contributed by atoms with Gasteiger partial charge in [0.1, 0.15) is 0 Å². The van der Waals surface area contributed by atoms with Crippen molar-refractivity contribution >= 4 is 11.8 Å². The summed E-state index contributed by atoms with van der Waals surface area (Å²) in [6.07, 6.45) is 0.937. The smallest absolute Gasteiger partial charge is 0.0627 e. The minimum absolute atomic E-state index is 0.207. The molecule has 14 heavy (non-hydrogen) atoms. The average Bonchev–Trinajstić information content (AvgIpc) is 2.16. The molecule has 0 saturated carbocycles. The molecule has 0 fully saturated rings. The van der Waals surface area contributed by atoms with Gasteiger partial charge in [-0.2, -0.15) is 11.8 Å². The van der Waals surface area contributed by atoms with Crippen molar-refractivity contribution in [2.75, 3.05) is 32.6 Å². The summed E-state index contributed by atoms with van der Waals surface area (Å²) in [7, 11) is 1.71. The summed E-state index contributed by atoms with van der Waals surface area (Å²) in [6, 6.07) is 0. The van der Waals surface area contributed by atoms with Crippen LogP contribution in [0.2, 0.25) is 0 Å². The van der Waals surface area contributed by atoms with Crippen molar-refractivity contribution in [1.82, 2.24) is 5.32 Å². The van der Waals surface area contributed by atoms with Crippen molar-refractivity contribution in [2.45, 2.75) is 31.6 Å². The summed E-state index contributed by atoms with van der Waals surface area (Å²) in [5.74, 6) is 1.10. The molecule has 0 rings (SSSR count). The van der Waals surface area contributed by atoms with E-state index in [1.807, 2.05) is 18.7 Å². The summed E-state index contributed by atoms with van der Waals surface area (Å²) in [4.78, 5) is 0. The first-order chi connectivity index (χ1) is 6.68. The van der Waals surface area contributed by atoms with Gasteiger partial charge in [-0.1, -0.05) is 6.92 Å². The van der Waals surface area contributed by atoms with Crippen LogP contribution in [-0.4, -0.2) is 49.0 Å². The van der Waals surface area contributed by atoms with Crippen LogP contribution in [0.25, 0.3) is 0 Å². The molecule has 2 unspecified atom stereocenters. The third-order valence-electron chi connectivity index (χ3n) is 2.04. The van der Waals surface area contributed by atoms with Gasteiger partial charge in [0.15, 0.2) is 0 Å². The highest BCUT2D eigenvalue weighted by Crippen LogP contribution is 2.14. The van der Waals surface area contributed by atoms with Crippen LogP contribution < -0.4 is 5.32 Å². The SMILES string of the molecule is COCCNCCCSC(C)C(C)O. The van der Waals surface area contributed by atoms with E-state index in [0.717, 1.165) is 31.9 Å². The number of thioether (sulfide) groups is 1. The molecule has 4 heteroatoms. The Hall–Kier alpha value is 0.230. The van der Waals surface area contributed by atoms with Crippen LogP contribution in [0, 0.1) is 0 Å². The molecule has 2 N–H and O–H groups in total. The first-order valence-corrected chi connectivity index (χ1v) is 6.22. The number of hydrogen-bond donors (Lipinski definition) is 2. The molecule has 0 bridgehead atoms. The largest absolute Gasteiger partial charge is 0.392 e. The molecule has 0 radical (unpaired) electrons. The summed E-state index contributed by atoms with van der Waals surface area (Å²) in [6.45, 7) is 6.63. The van der Waals surface area contributed by atoms with Gasteiger partial charge in [-0.25, -0.2) is 0 Å². The third-order valence-corrected chi connectivity index (χ3v) is 3.48. The lowest BCUT2D eigenvalue weighted by atomic mass is 10.3. The Bertz CT molecular complexity index is 123. The monoisotopic (exact) mass is 221 g/mol. The predicted molar refractivity (Wildman–Crippen MR) is 63.0 cm³/mol. The molecule has 0 heterocycles. The fourth-order valence-corrected chi connectivity index (χ4v) is 1.87. The van der Waals surface area contributed by atoms with Crippen molar-refractivity contribution in [3.63, 3.8) is 0 Å². The Kier molecular flexibility index (Phi) is 9.93. The second-order valence-electron chi connectivity index (χ2n) is 3.41. The number of ether oxygens (including phenoxy) is 1. The zero-order valence-corrected chi connectivity index (χ0v) is 10.3. The first-order valence-electron chi connectivity index (χ1n) is 5.17. The molecular formula is C10H23NO2S. The van der Waals surface area contributed by atoms with Crippen LogP contribution in [0.4, 0.5) is 0 Å². The Morgan fingerprint density at radius 2 is 2.07 bits per heavy atom. The predicted octanol–water partition coefficient (Wildman–Crippen LogP) is 1.11. The molecule has 86 valence electrons. The van der Waals surface area contributed by atoms with E-state index in [-0.39, 0.29) is 6.10 Å². The molecule has 0 amide bonds. The molecule has 2 atom stereocenters. The minimum Gasteiger partial charge on any atom is -0.392 e. The number of rotatable bonds is 9. The van der Waals surface area contributed by atoms with Gasteiger partial charge in [0.05, 0.1) is 12.7 Å². The van der Waals surface area contributed by atoms with E-state index in [1.54, 1.807) is 7.11 Å². The molecule has 0 aliphatic heterocycles. The molecule has 0 aromatic carbocycles. The van der Waals surface area contributed by atoms with E-state index >= 15 is 0 Å². The van der Waals surface area contributed by atoms with Gasteiger partial charge in [0, 0.05) is 18.9 Å².